The van der Waals surface area contributed by atoms with Crippen LogP contribution in [0, 0.1) is 13.8 Å². The summed E-state index contributed by atoms with van der Waals surface area (Å²) < 4.78 is 37.3. The number of hydrogen-bond donors (Lipinski definition) is 3. The molecule has 6 unspecified atom stereocenters. The van der Waals surface area contributed by atoms with E-state index < -0.39 is 62.1 Å². The highest BCUT2D eigenvalue weighted by atomic mass is 31.2. The van der Waals surface area contributed by atoms with Crippen LogP contribution in [0.1, 0.15) is 140 Å². The molecule has 4 heterocycles. The molecule has 0 spiro atoms. The molecule has 4 rings (SSSR count). The molecule has 1 amide bonds. The van der Waals surface area contributed by atoms with E-state index in [2.05, 4.69) is 32.2 Å². The summed E-state index contributed by atoms with van der Waals surface area (Å²) in [7, 11) is -4.64. The van der Waals surface area contributed by atoms with Crippen molar-refractivity contribution in [3.05, 3.63) is 65.3 Å². The third-order valence-electron chi connectivity index (χ3n) is 9.98. The van der Waals surface area contributed by atoms with Crippen LogP contribution < -0.4 is 22.3 Å². The van der Waals surface area contributed by atoms with Gasteiger partial charge in [-0.1, -0.05) is 89.1 Å². The van der Waals surface area contributed by atoms with Crippen molar-refractivity contribution in [2.75, 3.05) is 18.5 Å². The molecule has 2 fully saturated rings. The van der Waals surface area contributed by atoms with Crippen molar-refractivity contribution in [2.24, 2.45) is 5.11 Å². The van der Waals surface area contributed by atoms with E-state index in [-0.39, 0.29) is 30.3 Å². The molecule has 2 aromatic rings. The van der Waals surface area contributed by atoms with Crippen LogP contribution in [0.4, 0.5) is 5.82 Å². The molecular formula is C36H57N8O10P. The molecule has 55 heavy (non-hydrogen) atoms. The molecule has 0 radical (unpaired) electrons. The van der Waals surface area contributed by atoms with E-state index in [0.717, 1.165) is 23.8 Å². The van der Waals surface area contributed by atoms with Crippen molar-refractivity contribution < 1.29 is 32.8 Å². The standard InChI is InChI=1S/C36H57N8O10P/c1-4-5-6-7-8-9-10-11-12-13-14-15-16-17-30(45)38-33-25(2)21-43(35(47)39-33)31-19-18-27(53-31)23-51-55(49,50)52-24-29-28(41-42-37)20-32(54-29)44-22-26(3)34(46)40-36(44)48/h21-22,27-29,31-32H,4-20,23-24H2,1-3H3,(H,49,50)(H,40,46,48)(H,38,39,45,47). The highest BCUT2D eigenvalue weighted by Gasteiger charge is 2.39. The van der Waals surface area contributed by atoms with Gasteiger partial charge < -0.3 is 19.7 Å². The number of nitrogens with zero attached hydrogens (tertiary/aromatic N) is 6. The lowest BCUT2D eigenvalue weighted by Gasteiger charge is -2.20. The van der Waals surface area contributed by atoms with Gasteiger partial charge in [-0.05, 0) is 38.6 Å². The minimum Gasteiger partial charge on any atom is -0.352 e. The van der Waals surface area contributed by atoms with Gasteiger partial charge in [-0.2, -0.15) is 4.98 Å². The lowest BCUT2D eigenvalue weighted by atomic mass is 10.0. The lowest BCUT2D eigenvalue weighted by molar-refractivity contribution is -0.116. The van der Waals surface area contributed by atoms with E-state index in [1.165, 1.54) is 81.9 Å². The zero-order valence-electron chi connectivity index (χ0n) is 32.2. The minimum atomic E-state index is -4.64. The number of hydrogen-bond acceptors (Lipinski definition) is 11. The molecule has 18 nitrogen and oxygen atoms in total. The highest BCUT2D eigenvalue weighted by Crippen LogP contribution is 2.45. The summed E-state index contributed by atoms with van der Waals surface area (Å²) >= 11 is 0. The fourth-order valence-corrected chi connectivity index (χ4v) is 7.58. The van der Waals surface area contributed by atoms with Gasteiger partial charge in [0.15, 0.2) is 0 Å². The SMILES string of the molecule is CCCCCCCCCCCCCCCC(=O)Nc1nc(=O)n(C2CCC(COP(=O)(O)OCC3OC(n4cc(C)c(=O)[nH]c4=O)CC3N=[N+]=[N-])O2)cc1C. The Morgan fingerprint density at radius 2 is 1.56 bits per heavy atom. The van der Waals surface area contributed by atoms with Crippen LogP contribution in [0.25, 0.3) is 10.4 Å². The Kier molecular flexibility index (Phi) is 17.8. The van der Waals surface area contributed by atoms with Gasteiger partial charge in [0.25, 0.3) is 5.56 Å². The summed E-state index contributed by atoms with van der Waals surface area (Å²) in [6.07, 6.45) is 16.7. The summed E-state index contributed by atoms with van der Waals surface area (Å²) in [4.78, 5) is 69.0. The first-order valence-electron chi connectivity index (χ1n) is 19.6. The van der Waals surface area contributed by atoms with Crippen molar-refractivity contribution >= 4 is 19.5 Å². The van der Waals surface area contributed by atoms with E-state index in [4.69, 9.17) is 24.1 Å². The van der Waals surface area contributed by atoms with Gasteiger partial charge in [0.2, 0.25) is 5.91 Å². The lowest BCUT2D eigenvalue weighted by Crippen LogP contribution is -2.33. The van der Waals surface area contributed by atoms with Gasteiger partial charge in [-0.3, -0.25) is 32.8 Å². The van der Waals surface area contributed by atoms with Gasteiger partial charge in [0.1, 0.15) is 18.3 Å². The number of carbonyl (C=O) groups is 1. The number of amides is 1. The Hall–Kier alpha value is -3.63. The molecule has 306 valence electrons. The second-order valence-corrected chi connectivity index (χ2v) is 15.9. The van der Waals surface area contributed by atoms with Crippen LogP contribution >= 0.6 is 7.82 Å². The molecule has 6 atom stereocenters. The highest BCUT2D eigenvalue weighted by molar-refractivity contribution is 7.47. The first kappa shape index (κ1) is 44.1. The molecule has 0 bridgehead atoms. The fraction of sp³-hybridized carbons (Fsp3) is 0.750. The average Bonchev–Trinajstić information content (AvgIpc) is 3.79. The molecule has 0 aromatic carbocycles. The van der Waals surface area contributed by atoms with Crippen LogP contribution in [0.15, 0.2) is 31.9 Å². The number of ether oxygens (including phenoxy) is 2. The summed E-state index contributed by atoms with van der Waals surface area (Å²) in [5.74, 6) is 0.0195. The molecule has 2 aliphatic rings. The van der Waals surface area contributed by atoms with Crippen LogP contribution in [0.3, 0.4) is 0 Å². The Labute approximate surface area is 320 Å². The average molecular weight is 793 g/mol. The number of phosphoric ester groups is 1. The predicted octanol–water partition coefficient (Wildman–Crippen LogP) is 6.61. The van der Waals surface area contributed by atoms with E-state index in [1.807, 2.05) is 0 Å². The molecule has 0 aliphatic carbocycles. The van der Waals surface area contributed by atoms with Crippen LogP contribution in [-0.2, 0) is 27.9 Å². The van der Waals surface area contributed by atoms with E-state index in [9.17, 15) is 28.6 Å². The van der Waals surface area contributed by atoms with Gasteiger partial charge in [0, 0.05) is 41.3 Å². The quantitative estimate of drug-likeness (QED) is 0.0336. The molecule has 3 N–H and O–H groups in total. The van der Waals surface area contributed by atoms with Gasteiger partial charge >= 0.3 is 19.2 Å². The number of rotatable bonds is 24. The number of azide groups is 1. The van der Waals surface area contributed by atoms with Crippen molar-refractivity contribution in [1.29, 1.82) is 0 Å². The number of aromatic nitrogens is 4. The van der Waals surface area contributed by atoms with Gasteiger partial charge in [0.05, 0.1) is 31.5 Å². The molecular weight excluding hydrogens is 735 g/mol. The van der Waals surface area contributed by atoms with E-state index >= 15 is 0 Å². The maximum atomic E-state index is 12.9. The van der Waals surface area contributed by atoms with Crippen LogP contribution in [0.5, 0.6) is 0 Å². The van der Waals surface area contributed by atoms with Gasteiger partial charge in [-0.15, -0.1) is 0 Å². The normalized spacial score (nSPS) is 22.0. The number of aryl methyl sites for hydroxylation is 2. The number of H-pyrrole nitrogens is 1. The molecule has 19 heteroatoms. The maximum Gasteiger partial charge on any atom is 0.472 e. The second kappa shape index (κ2) is 22.2. The summed E-state index contributed by atoms with van der Waals surface area (Å²) in [6, 6.07) is -0.841. The summed E-state index contributed by atoms with van der Waals surface area (Å²) in [5.41, 5.74) is 7.98. The fourth-order valence-electron chi connectivity index (χ4n) is 6.82. The molecule has 2 aliphatic heterocycles. The van der Waals surface area contributed by atoms with Crippen molar-refractivity contribution in [3.8, 4) is 0 Å². The van der Waals surface area contributed by atoms with Crippen molar-refractivity contribution in [2.45, 2.75) is 161 Å². The van der Waals surface area contributed by atoms with Crippen molar-refractivity contribution in [1.82, 2.24) is 19.1 Å². The Morgan fingerprint density at radius 3 is 2.22 bits per heavy atom. The maximum absolute atomic E-state index is 12.9. The summed E-state index contributed by atoms with van der Waals surface area (Å²) in [6.45, 7) is 4.67. The number of aromatic amines is 1. The number of nitrogens with one attached hydrogen (secondary N) is 2. The number of unbranched alkanes of at least 4 members (excludes halogenated alkanes) is 12. The number of carbonyl (C=O) groups excluding carboxylic acids is 1. The predicted molar refractivity (Wildman–Crippen MR) is 205 cm³/mol. The zero-order chi connectivity index (χ0) is 39.8. The van der Waals surface area contributed by atoms with Crippen LogP contribution in [-0.4, -0.2) is 61.4 Å². The molecule has 2 aromatic heterocycles. The third kappa shape index (κ3) is 14.1. The minimum absolute atomic E-state index is 0.0535. The monoisotopic (exact) mass is 792 g/mol. The first-order valence-corrected chi connectivity index (χ1v) is 21.1. The van der Waals surface area contributed by atoms with Crippen molar-refractivity contribution in [3.63, 3.8) is 0 Å². The second-order valence-electron chi connectivity index (χ2n) is 14.5. The Balaban J connectivity index is 1.15. The smallest absolute Gasteiger partial charge is 0.352 e. The third-order valence-corrected chi connectivity index (χ3v) is 10.9. The topological polar surface area (TPSA) is 242 Å². The number of phosphoric acid groups is 1. The zero-order valence-corrected chi connectivity index (χ0v) is 33.1. The van der Waals surface area contributed by atoms with Crippen LogP contribution in [0.2, 0.25) is 0 Å². The van der Waals surface area contributed by atoms with E-state index in [1.54, 1.807) is 13.1 Å². The summed E-state index contributed by atoms with van der Waals surface area (Å²) in [5, 5.41) is 6.43. The van der Waals surface area contributed by atoms with Gasteiger partial charge in [-0.25, -0.2) is 14.2 Å². The Bertz CT molecular complexity index is 1830. The molecule has 2 saturated heterocycles. The molecule has 0 saturated carbocycles. The van der Waals surface area contributed by atoms with E-state index in [0.29, 0.717) is 24.8 Å². The number of anilines is 1. The first-order chi connectivity index (χ1) is 26.4. The largest absolute Gasteiger partial charge is 0.472 e. The Morgan fingerprint density at radius 1 is 0.945 bits per heavy atom.